The third-order valence-corrected chi connectivity index (χ3v) is 6.07. The summed E-state index contributed by atoms with van der Waals surface area (Å²) < 4.78 is 12.9. The molecule has 1 aromatic heterocycles. The molecule has 5 rings (SSSR count). The first kappa shape index (κ1) is 20.0. The largest absolute Gasteiger partial charge is 0.504 e. The Hall–Kier alpha value is -3.93. The molecule has 3 aromatic carbocycles. The number of aryl methyl sites for hydroxylation is 1. The predicted molar refractivity (Wildman–Crippen MR) is 124 cm³/mol. The fourth-order valence-electron chi connectivity index (χ4n) is 4.65. The monoisotopic (exact) mass is 428 g/mol. The van der Waals surface area contributed by atoms with Crippen molar-refractivity contribution in [3.05, 3.63) is 83.6 Å². The zero-order chi connectivity index (χ0) is 22.4. The van der Waals surface area contributed by atoms with E-state index in [-0.39, 0.29) is 11.7 Å². The molecule has 1 atom stereocenters. The number of aromatic hydroxyl groups is 1. The van der Waals surface area contributed by atoms with Gasteiger partial charge in [-0.05, 0) is 43.3 Å². The van der Waals surface area contributed by atoms with Crippen LogP contribution in [0.15, 0.2) is 66.7 Å². The number of para-hydroxylation sites is 2. The number of hydrogen-bond acceptors (Lipinski definition) is 4. The van der Waals surface area contributed by atoms with Crippen LogP contribution in [-0.4, -0.2) is 29.3 Å². The molecule has 1 aliphatic rings. The van der Waals surface area contributed by atoms with Gasteiger partial charge in [0.2, 0.25) is 0 Å². The number of amides is 1. The molecule has 2 heterocycles. The summed E-state index contributed by atoms with van der Waals surface area (Å²) in [5, 5.41) is 12.1. The van der Waals surface area contributed by atoms with Gasteiger partial charge in [0.05, 0.1) is 19.8 Å². The average Bonchev–Trinajstić information content (AvgIpc) is 3.28. The number of aromatic nitrogens is 1. The summed E-state index contributed by atoms with van der Waals surface area (Å²) in [5.74, 6) is 1.04. The lowest BCUT2D eigenvalue weighted by Crippen LogP contribution is -2.29. The Morgan fingerprint density at radius 1 is 1.00 bits per heavy atom. The number of phenolic OH excluding ortho intramolecular Hbond substituents is 1. The van der Waals surface area contributed by atoms with E-state index in [4.69, 9.17) is 9.47 Å². The normalized spacial score (nSPS) is 15.3. The van der Waals surface area contributed by atoms with Crippen molar-refractivity contribution < 1.29 is 19.4 Å². The molecule has 1 amide bonds. The van der Waals surface area contributed by atoms with Crippen molar-refractivity contribution in [1.82, 2.24) is 4.57 Å². The predicted octanol–water partition coefficient (Wildman–Crippen LogP) is 5.04. The molecule has 1 aliphatic heterocycles. The Kier molecular flexibility index (Phi) is 4.78. The second kappa shape index (κ2) is 7.64. The molecular weight excluding hydrogens is 404 g/mol. The smallest absolute Gasteiger partial charge is 0.276 e. The van der Waals surface area contributed by atoms with Gasteiger partial charge in [-0.25, -0.2) is 0 Å². The number of carbonyl (C=O) groups is 1. The van der Waals surface area contributed by atoms with Crippen LogP contribution in [0.25, 0.3) is 10.9 Å². The van der Waals surface area contributed by atoms with E-state index in [9.17, 15) is 9.90 Å². The first-order valence-corrected chi connectivity index (χ1v) is 10.6. The van der Waals surface area contributed by atoms with Crippen LogP contribution >= 0.6 is 0 Å². The number of ether oxygens (including phenoxy) is 2. The van der Waals surface area contributed by atoms with Gasteiger partial charge in [0.15, 0.2) is 11.5 Å². The topological polar surface area (TPSA) is 63.9 Å². The molecule has 6 nitrogen and oxygen atoms in total. The van der Waals surface area contributed by atoms with Crippen LogP contribution < -0.4 is 14.4 Å². The van der Waals surface area contributed by atoms with Crippen LogP contribution in [0.4, 0.5) is 5.69 Å². The number of fused-ring (bicyclic) bond motifs is 3. The molecule has 0 unspecified atom stereocenters. The Morgan fingerprint density at radius 2 is 1.75 bits per heavy atom. The lowest BCUT2D eigenvalue weighted by molar-refractivity contribution is 0.0986. The van der Waals surface area contributed by atoms with Gasteiger partial charge >= 0.3 is 0 Å². The SMILES string of the molecule is CCOc1cccc([C@@H]2c3c(n(C)c4ccccc34)C(=O)N2c2ccc(OC)cc2)c1O. The fourth-order valence-corrected chi connectivity index (χ4v) is 4.65. The van der Waals surface area contributed by atoms with Crippen LogP contribution in [0.2, 0.25) is 0 Å². The molecule has 162 valence electrons. The van der Waals surface area contributed by atoms with Crippen LogP contribution in [0.5, 0.6) is 17.2 Å². The van der Waals surface area contributed by atoms with Gasteiger partial charge in [-0.2, -0.15) is 0 Å². The third-order valence-electron chi connectivity index (χ3n) is 6.07. The highest BCUT2D eigenvalue weighted by Gasteiger charge is 2.44. The van der Waals surface area contributed by atoms with Crippen molar-refractivity contribution in [1.29, 1.82) is 0 Å². The lowest BCUT2D eigenvalue weighted by atomic mass is 9.96. The number of anilines is 1. The van der Waals surface area contributed by atoms with E-state index in [1.165, 1.54) is 0 Å². The Morgan fingerprint density at radius 3 is 2.47 bits per heavy atom. The minimum absolute atomic E-state index is 0.0476. The van der Waals surface area contributed by atoms with Crippen molar-refractivity contribution in [3.63, 3.8) is 0 Å². The first-order valence-electron chi connectivity index (χ1n) is 10.6. The molecule has 0 fully saturated rings. The lowest BCUT2D eigenvalue weighted by Gasteiger charge is -2.27. The minimum atomic E-state index is -0.502. The molecule has 0 saturated carbocycles. The maximum Gasteiger partial charge on any atom is 0.276 e. The fraction of sp³-hybridized carbons (Fsp3) is 0.192. The van der Waals surface area contributed by atoms with Gasteiger partial charge < -0.3 is 19.1 Å². The second-order valence-corrected chi connectivity index (χ2v) is 7.74. The van der Waals surface area contributed by atoms with E-state index >= 15 is 0 Å². The standard InChI is InChI=1S/C26H24N2O4/c1-4-32-21-11-7-9-19(25(21)29)23-22-18-8-5-6-10-20(18)27(2)24(22)26(30)28(23)16-12-14-17(31-3)15-13-16/h5-15,23,29H,4H2,1-3H3/t23-/m1/s1. The van der Waals surface area contributed by atoms with Crippen LogP contribution in [0, 0.1) is 0 Å². The Labute approximate surface area is 186 Å². The molecule has 32 heavy (non-hydrogen) atoms. The van der Waals surface area contributed by atoms with E-state index < -0.39 is 6.04 Å². The van der Waals surface area contributed by atoms with Crippen LogP contribution in [0.1, 0.15) is 34.6 Å². The number of nitrogens with zero attached hydrogens (tertiary/aromatic N) is 2. The highest BCUT2D eigenvalue weighted by atomic mass is 16.5. The summed E-state index contributed by atoms with van der Waals surface area (Å²) in [5.41, 5.74) is 3.82. The van der Waals surface area contributed by atoms with Crippen molar-refractivity contribution in [2.75, 3.05) is 18.6 Å². The number of methoxy groups -OCH3 is 1. The van der Waals surface area contributed by atoms with Crippen molar-refractivity contribution >= 4 is 22.5 Å². The average molecular weight is 428 g/mol. The zero-order valence-electron chi connectivity index (χ0n) is 18.2. The molecule has 0 spiro atoms. The minimum Gasteiger partial charge on any atom is -0.504 e. The number of carbonyl (C=O) groups excluding carboxylic acids is 1. The number of phenols is 1. The van der Waals surface area contributed by atoms with Gasteiger partial charge in [-0.15, -0.1) is 0 Å². The first-order chi connectivity index (χ1) is 15.6. The molecule has 0 saturated heterocycles. The van der Waals surface area contributed by atoms with Crippen molar-refractivity contribution in [3.8, 4) is 17.2 Å². The summed E-state index contributed by atoms with van der Waals surface area (Å²) >= 11 is 0. The van der Waals surface area contributed by atoms with Gasteiger partial charge in [0.1, 0.15) is 11.4 Å². The summed E-state index contributed by atoms with van der Waals surface area (Å²) in [6.45, 7) is 2.31. The number of rotatable bonds is 5. The summed E-state index contributed by atoms with van der Waals surface area (Å²) in [6.07, 6.45) is 0. The molecule has 4 aromatic rings. The summed E-state index contributed by atoms with van der Waals surface area (Å²) in [6, 6.07) is 20.3. The highest BCUT2D eigenvalue weighted by Crippen LogP contribution is 2.49. The number of hydrogen-bond donors (Lipinski definition) is 1. The van der Waals surface area contributed by atoms with Crippen molar-refractivity contribution in [2.45, 2.75) is 13.0 Å². The second-order valence-electron chi connectivity index (χ2n) is 7.74. The molecule has 1 N–H and O–H groups in total. The highest BCUT2D eigenvalue weighted by molar-refractivity contribution is 6.15. The Bertz CT molecular complexity index is 1320. The van der Waals surface area contributed by atoms with E-state index in [0.717, 1.165) is 22.2 Å². The van der Waals surface area contributed by atoms with E-state index in [1.54, 1.807) is 18.1 Å². The van der Waals surface area contributed by atoms with Gasteiger partial charge in [-0.1, -0.05) is 30.3 Å². The summed E-state index contributed by atoms with van der Waals surface area (Å²) in [4.78, 5) is 15.5. The Balaban J connectivity index is 1.78. The molecule has 0 radical (unpaired) electrons. The van der Waals surface area contributed by atoms with Gasteiger partial charge in [0, 0.05) is 34.8 Å². The quantitative estimate of drug-likeness (QED) is 0.484. The van der Waals surface area contributed by atoms with E-state index in [2.05, 4.69) is 0 Å². The third kappa shape index (κ3) is 2.83. The molecule has 0 bridgehead atoms. The number of benzene rings is 3. The van der Waals surface area contributed by atoms with E-state index in [1.807, 2.05) is 79.2 Å². The maximum absolute atomic E-state index is 13.8. The van der Waals surface area contributed by atoms with Gasteiger partial charge in [0.25, 0.3) is 5.91 Å². The van der Waals surface area contributed by atoms with Crippen LogP contribution in [-0.2, 0) is 7.05 Å². The molecular formula is C26H24N2O4. The summed E-state index contributed by atoms with van der Waals surface area (Å²) in [7, 11) is 3.52. The van der Waals surface area contributed by atoms with E-state index in [0.29, 0.717) is 29.4 Å². The molecule has 0 aliphatic carbocycles. The van der Waals surface area contributed by atoms with Crippen molar-refractivity contribution in [2.24, 2.45) is 7.05 Å². The zero-order valence-corrected chi connectivity index (χ0v) is 18.2. The van der Waals surface area contributed by atoms with Gasteiger partial charge in [-0.3, -0.25) is 9.69 Å². The molecule has 6 heteroatoms. The van der Waals surface area contributed by atoms with Crippen LogP contribution in [0.3, 0.4) is 0 Å². The maximum atomic E-state index is 13.8.